The summed E-state index contributed by atoms with van der Waals surface area (Å²) >= 11 is 1.48. The van der Waals surface area contributed by atoms with Crippen LogP contribution < -0.4 is 5.32 Å². The number of anilines is 1. The highest BCUT2D eigenvalue weighted by atomic mass is 32.1. The fourth-order valence-electron chi connectivity index (χ4n) is 2.58. The van der Waals surface area contributed by atoms with Gasteiger partial charge in [0.1, 0.15) is 6.33 Å². The van der Waals surface area contributed by atoms with Crippen molar-refractivity contribution in [1.29, 1.82) is 0 Å². The molecule has 0 unspecified atom stereocenters. The Morgan fingerprint density at radius 3 is 2.68 bits per heavy atom. The topological polar surface area (TPSA) is 85.6 Å². The van der Waals surface area contributed by atoms with Gasteiger partial charge in [0, 0.05) is 23.6 Å². The second-order valence-electron chi connectivity index (χ2n) is 5.96. The number of hydrogen-bond acceptors (Lipinski definition) is 6. The molecule has 0 saturated heterocycles. The van der Waals surface area contributed by atoms with E-state index in [2.05, 4.69) is 38.0 Å². The van der Waals surface area contributed by atoms with E-state index in [1.165, 1.54) is 29.3 Å². The molecular formula is C20H16N6OS. The number of nitrogens with zero attached hydrogens (tertiary/aromatic N) is 5. The van der Waals surface area contributed by atoms with Crippen LogP contribution in [0.2, 0.25) is 0 Å². The van der Waals surface area contributed by atoms with E-state index in [9.17, 15) is 4.79 Å². The number of amides is 1. The average Bonchev–Trinajstić information content (AvgIpc) is 3.40. The van der Waals surface area contributed by atoms with Gasteiger partial charge in [-0.3, -0.25) is 10.1 Å². The highest BCUT2D eigenvalue weighted by molar-refractivity contribution is 7.15. The Labute approximate surface area is 165 Å². The van der Waals surface area contributed by atoms with Gasteiger partial charge in [0.15, 0.2) is 5.13 Å². The number of hydrogen-bond donors (Lipinski definition) is 1. The summed E-state index contributed by atoms with van der Waals surface area (Å²) in [5, 5.41) is 14.4. The van der Waals surface area contributed by atoms with Gasteiger partial charge in [0.2, 0.25) is 5.91 Å². The predicted molar refractivity (Wildman–Crippen MR) is 108 cm³/mol. The van der Waals surface area contributed by atoms with Crippen molar-refractivity contribution in [2.45, 2.75) is 6.42 Å². The molecule has 28 heavy (non-hydrogen) atoms. The van der Waals surface area contributed by atoms with Gasteiger partial charge in [-0.2, -0.15) is 0 Å². The van der Waals surface area contributed by atoms with E-state index in [1.807, 2.05) is 42.5 Å². The molecule has 0 saturated carbocycles. The van der Waals surface area contributed by atoms with Crippen LogP contribution in [0.4, 0.5) is 5.13 Å². The van der Waals surface area contributed by atoms with Gasteiger partial charge in [-0.05, 0) is 39.8 Å². The Morgan fingerprint density at radius 2 is 1.93 bits per heavy atom. The molecule has 0 fully saturated rings. The van der Waals surface area contributed by atoms with Crippen molar-refractivity contribution in [2.24, 2.45) is 0 Å². The molecule has 0 aliphatic carbocycles. The zero-order chi connectivity index (χ0) is 19.2. The normalized spacial score (nSPS) is 11.0. The lowest BCUT2D eigenvalue weighted by Crippen LogP contribution is -2.07. The Kier molecular flexibility index (Phi) is 5.30. The van der Waals surface area contributed by atoms with Gasteiger partial charge in [-0.25, -0.2) is 9.67 Å². The van der Waals surface area contributed by atoms with E-state index in [1.54, 1.807) is 17.0 Å². The Bertz CT molecular complexity index is 1070. The first-order chi connectivity index (χ1) is 13.8. The molecule has 0 aliphatic heterocycles. The number of tetrazole rings is 1. The fraction of sp³-hybridized carbons (Fsp3) is 0.0500. The van der Waals surface area contributed by atoms with Crippen LogP contribution in [-0.2, 0) is 11.2 Å². The van der Waals surface area contributed by atoms with E-state index in [4.69, 9.17) is 0 Å². The minimum absolute atomic E-state index is 0.217. The third-order valence-corrected chi connectivity index (χ3v) is 4.85. The zero-order valence-corrected chi connectivity index (χ0v) is 15.6. The Morgan fingerprint density at radius 1 is 1.11 bits per heavy atom. The van der Waals surface area contributed by atoms with Crippen molar-refractivity contribution in [1.82, 2.24) is 25.2 Å². The average molecular weight is 388 g/mol. The maximum Gasteiger partial charge on any atom is 0.250 e. The van der Waals surface area contributed by atoms with Crippen molar-refractivity contribution in [2.75, 3.05) is 5.32 Å². The molecule has 1 N–H and O–H groups in total. The van der Waals surface area contributed by atoms with Gasteiger partial charge in [-0.1, -0.05) is 42.5 Å². The summed E-state index contributed by atoms with van der Waals surface area (Å²) in [5.41, 5.74) is 2.96. The quantitative estimate of drug-likeness (QED) is 0.512. The molecule has 0 atom stereocenters. The van der Waals surface area contributed by atoms with Gasteiger partial charge < -0.3 is 0 Å². The SMILES string of the molecule is O=C(/C=C/c1ccc(-n2cnnn2)cc1)Nc1ncc(Cc2ccccc2)s1. The summed E-state index contributed by atoms with van der Waals surface area (Å²) in [5.74, 6) is -0.217. The van der Waals surface area contributed by atoms with Gasteiger partial charge in [-0.15, -0.1) is 16.4 Å². The number of nitrogens with one attached hydrogen (secondary N) is 1. The van der Waals surface area contributed by atoms with Gasteiger partial charge in [0.25, 0.3) is 0 Å². The molecule has 0 bridgehead atoms. The van der Waals surface area contributed by atoms with Crippen LogP contribution in [0.1, 0.15) is 16.0 Å². The summed E-state index contributed by atoms with van der Waals surface area (Å²) in [4.78, 5) is 17.5. The highest BCUT2D eigenvalue weighted by Crippen LogP contribution is 2.21. The van der Waals surface area contributed by atoms with E-state index in [0.29, 0.717) is 5.13 Å². The number of rotatable bonds is 6. The lowest BCUT2D eigenvalue weighted by molar-refractivity contribution is -0.111. The van der Waals surface area contributed by atoms with Crippen molar-refractivity contribution >= 4 is 28.5 Å². The van der Waals surface area contributed by atoms with Crippen molar-refractivity contribution in [3.8, 4) is 5.69 Å². The molecule has 0 aliphatic rings. The van der Waals surface area contributed by atoms with E-state index in [-0.39, 0.29) is 5.91 Å². The summed E-state index contributed by atoms with van der Waals surface area (Å²) in [6, 6.07) is 17.7. The molecule has 0 radical (unpaired) electrons. The number of aromatic nitrogens is 5. The minimum Gasteiger partial charge on any atom is -0.298 e. The van der Waals surface area contributed by atoms with Gasteiger partial charge in [0.05, 0.1) is 5.69 Å². The molecule has 4 rings (SSSR count). The predicted octanol–water partition coefficient (Wildman–Crippen LogP) is 3.36. The third-order valence-electron chi connectivity index (χ3n) is 3.94. The summed E-state index contributed by atoms with van der Waals surface area (Å²) < 4.78 is 1.57. The second-order valence-corrected chi connectivity index (χ2v) is 7.08. The first kappa shape index (κ1) is 17.7. The van der Waals surface area contributed by atoms with Crippen LogP contribution in [0.15, 0.2) is 73.2 Å². The fourth-order valence-corrected chi connectivity index (χ4v) is 3.43. The number of thiazole rings is 1. The zero-order valence-electron chi connectivity index (χ0n) is 14.8. The first-order valence-electron chi connectivity index (χ1n) is 8.57. The van der Waals surface area contributed by atoms with Crippen LogP contribution in [0, 0.1) is 0 Å². The first-order valence-corrected chi connectivity index (χ1v) is 9.39. The van der Waals surface area contributed by atoms with Crippen LogP contribution in [-0.4, -0.2) is 31.1 Å². The molecule has 2 heterocycles. The molecule has 4 aromatic rings. The van der Waals surface area contributed by atoms with Crippen LogP contribution in [0.5, 0.6) is 0 Å². The Hall–Kier alpha value is -3.65. The molecule has 7 nitrogen and oxygen atoms in total. The molecular weight excluding hydrogens is 372 g/mol. The van der Waals surface area contributed by atoms with E-state index >= 15 is 0 Å². The largest absolute Gasteiger partial charge is 0.298 e. The van der Waals surface area contributed by atoms with Crippen molar-refractivity contribution in [3.05, 3.63) is 89.2 Å². The summed E-state index contributed by atoms with van der Waals surface area (Å²) in [6.45, 7) is 0. The van der Waals surface area contributed by atoms with Crippen LogP contribution in [0.25, 0.3) is 11.8 Å². The van der Waals surface area contributed by atoms with Gasteiger partial charge >= 0.3 is 0 Å². The van der Waals surface area contributed by atoms with Crippen molar-refractivity contribution < 1.29 is 4.79 Å². The molecule has 2 aromatic heterocycles. The molecule has 8 heteroatoms. The molecule has 2 aromatic carbocycles. The summed E-state index contributed by atoms with van der Waals surface area (Å²) in [6.07, 6.45) is 7.37. The van der Waals surface area contributed by atoms with E-state index < -0.39 is 0 Å². The Balaban J connectivity index is 1.34. The standard InChI is InChI=1S/C20H16N6OS/c27-19(11-8-15-6-9-17(10-7-15)26-14-22-24-25-26)23-20-21-13-18(28-20)12-16-4-2-1-3-5-16/h1-11,13-14H,12H2,(H,21,23,27)/b11-8+. The second kappa shape index (κ2) is 8.36. The lowest BCUT2D eigenvalue weighted by Gasteiger charge is -2.00. The molecule has 138 valence electrons. The van der Waals surface area contributed by atoms with Crippen LogP contribution >= 0.6 is 11.3 Å². The molecule has 0 spiro atoms. The minimum atomic E-state index is -0.217. The van der Waals surface area contributed by atoms with Crippen molar-refractivity contribution in [3.63, 3.8) is 0 Å². The lowest BCUT2D eigenvalue weighted by atomic mass is 10.1. The maximum absolute atomic E-state index is 12.1. The molecule has 1 amide bonds. The number of carbonyl (C=O) groups is 1. The smallest absolute Gasteiger partial charge is 0.250 e. The monoisotopic (exact) mass is 388 g/mol. The number of carbonyl (C=O) groups excluding carboxylic acids is 1. The van der Waals surface area contributed by atoms with E-state index in [0.717, 1.165) is 22.5 Å². The summed E-state index contributed by atoms with van der Waals surface area (Å²) in [7, 11) is 0. The highest BCUT2D eigenvalue weighted by Gasteiger charge is 2.05. The maximum atomic E-state index is 12.1. The van der Waals surface area contributed by atoms with Crippen LogP contribution in [0.3, 0.4) is 0 Å². The number of benzene rings is 2. The third kappa shape index (κ3) is 4.54.